The molecule has 1 amide bonds. The molecule has 0 aliphatic heterocycles. The summed E-state index contributed by atoms with van der Waals surface area (Å²) < 4.78 is 27.0. The molecule has 0 unspecified atom stereocenters. The van der Waals surface area contributed by atoms with Crippen LogP contribution in [-0.2, 0) is 6.54 Å². The summed E-state index contributed by atoms with van der Waals surface area (Å²) in [6.45, 7) is 0.332. The van der Waals surface area contributed by atoms with E-state index in [1.54, 1.807) is 47.7 Å². The summed E-state index contributed by atoms with van der Waals surface area (Å²) in [4.78, 5) is 14.2. The zero-order chi connectivity index (χ0) is 22.4. The van der Waals surface area contributed by atoms with Gasteiger partial charge in [-0.1, -0.05) is 0 Å². The smallest absolute Gasteiger partial charge is 0.261 e. The molecule has 0 spiro atoms. The number of methoxy groups -OCH3 is 5. The van der Waals surface area contributed by atoms with E-state index < -0.39 is 0 Å². The largest absolute Gasteiger partial charge is 0.497 e. The first-order valence-corrected chi connectivity index (χ1v) is 10.3. The summed E-state index contributed by atoms with van der Waals surface area (Å²) in [7, 11) is 7.89. The Morgan fingerprint density at radius 3 is 2.19 bits per heavy atom. The molecular weight excluding hydrogens is 418 g/mol. The summed E-state index contributed by atoms with van der Waals surface area (Å²) in [5, 5.41) is 2.94. The molecule has 3 rings (SSSR count). The molecule has 0 saturated heterocycles. The molecule has 0 fully saturated rings. The zero-order valence-corrected chi connectivity index (χ0v) is 18.9. The number of amides is 1. The highest BCUT2D eigenvalue weighted by Gasteiger charge is 2.19. The third-order valence-corrected chi connectivity index (χ3v) is 5.85. The van der Waals surface area contributed by atoms with Crippen LogP contribution in [-0.4, -0.2) is 41.5 Å². The SMILES string of the molecule is COc1ccc(CNC(=O)c2ccc(-c3ccc(OC)c(OC)c3OC)s2)c(OC)c1. The van der Waals surface area contributed by atoms with Gasteiger partial charge in [-0.15, -0.1) is 11.3 Å². The molecule has 7 nitrogen and oxygen atoms in total. The Morgan fingerprint density at radius 1 is 0.806 bits per heavy atom. The number of hydrogen-bond donors (Lipinski definition) is 1. The molecule has 0 aliphatic rings. The number of ether oxygens (including phenoxy) is 5. The number of carbonyl (C=O) groups is 1. The molecule has 3 aromatic rings. The lowest BCUT2D eigenvalue weighted by atomic mass is 10.1. The fourth-order valence-corrected chi connectivity index (χ4v) is 4.11. The first kappa shape index (κ1) is 22.3. The molecule has 0 saturated carbocycles. The van der Waals surface area contributed by atoms with E-state index in [0.717, 1.165) is 16.0 Å². The maximum Gasteiger partial charge on any atom is 0.261 e. The third-order valence-electron chi connectivity index (χ3n) is 4.73. The zero-order valence-electron chi connectivity index (χ0n) is 18.1. The minimum Gasteiger partial charge on any atom is -0.497 e. The van der Waals surface area contributed by atoms with E-state index in [2.05, 4.69) is 5.32 Å². The van der Waals surface area contributed by atoms with Gasteiger partial charge in [0, 0.05) is 28.6 Å². The number of benzene rings is 2. The first-order chi connectivity index (χ1) is 15.1. The van der Waals surface area contributed by atoms with Crippen molar-refractivity contribution < 1.29 is 28.5 Å². The second kappa shape index (κ2) is 10.1. The molecule has 0 atom stereocenters. The molecule has 31 heavy (non-hydrogen) atoms. The van der Waals surface area contributed by atoms with Crippen molar-refractivity contribution in [2.24, 2.45) is 0 Å². The Morgan fingerprint density at radius 2 is 1.55 bits per heavy atom. The lowest BCUT2D eigenvalue weighted by molar-refractivity contribution is 0.0954. The van der Waals surface area contributed by atoms with Crippen LogP contribution in [0.4, 0.5) is 0 Å². The van der Waals surface area contributed by atoms with Crippen molar-refractivity contribution in [3.8, 4) is 39.2 Å². The van der Waals surface area contributed by atoms with Gasteiger partial charge in [0.2, 0.25) is 5.75 Å². The van der Waals surface area contributed by atoms with Gasteiger partial charge in [0.15, 0.2) is 11.5 Å². The van der Waals surface area contributed by atoms with Crippen molar-refractivity contribution >= 4 is 17.2 Å². The Bertz CT molecular complexity index is 1060. The summed E-state index contributed by atoms with van der Waals surface area (Å²) >= 11 is 1.37. The van der Waals surface area contributed by atoms with E-state index in [9.17, 15) is 4.79 Å². The van der Waals surface area contributed by atoms with Gasteiger partial charge >= 0.3 is 0 Å². The van der Waals surface area contributed by atoms with Crippen molar-refractivity contribution in [2.45, 2.75) is 6.54 Å². The lowest BCUT2D eigenvalue weighted by Crippen LogP contribution is -2.22. The van der Waals surface area contributed by atoms with Crippen molar-refractivity contribution in [3.05, 3.63) is 52.9 Å². The van der Waals surface area contributed by atoms with Crippen molar-refractivity contribution in [3.63, 3.8) is 0 Å². The minimum atomic E-state index is -0.173. The van der Waals surface area contributed by atoms with E-state index >= 15 is 0 Å². The number of nitrogens with one attached hydrogen (secondary N) is 1. The number of hydrogen-bond acceptors (Lipinski definition) is 7. The molecule has 1 N–H and O–H groups in total. The van der Waals surface area contributed by atoms with E-state index in [1.807, 2.05) is 30.3 Å². The molecular formula is C23H25NO6S. The van der Waals surface area contributed by atoms with Gasteiger partial charge in [-0.25, -0.2) is 0 Å². The molecule has 0 bridgehead atoms. The predicted octanol–water partition coefficient (Wildman–Crippen LogP) is 4.39. The van der Waals surface area contributed by atoms with Crippen LogP contribution in [0, 0.1) is 0 Å². The molecule has 164 valence electrons. The second-order valence-corrected chi connectivity index (χ2v) is 7.49. The van der Waals surface area contributed by atoms with Gasteiger partial charge in [0.05, 0.1) is 40.4 Å². The molecule has 1 heterocycles. The summed E-state index contributed by atoms with van der Waals surface area (Å²) in [6.07, 6.45) is 0. The van der Waals surface area contributed by atoms with Crippen LogP contribution in [0.5, 0.6) is 28.7 Å². The Balaban J connectivity index is 1.79. The topological polar surface area (TPSA) is 75.3 Å². The van der Waals surface area contributed by atoms with Crippen LogP contribution >= 0.6 is 11.3 Å². The first-order valence-electron chi connectivity index (χ1n) is 9.44. The van der Waals surface area contributed by atoms with Gasteiger partial charge in [-0.05, 0) is 36.4 Å². The van der Waals surface area contributed by atoms with E-state index in [-0.39, 0.29) is 5.91 Å². The fraction of sp³-hybridized carbons (Fsp3) is 0.261. The van der Waals surface area contributed by atoms with E-state index in [4.69, 9.17) is 23.7 Å². The molecule has 2 aromatic carbocycles. The van der Waals surface area contributed by atoms with Gasteiger partial charge < -0.3 is 29.0 Å². The molecule has 0 aliphatic carbocycles. The molecule has 1 aromatic heterocycles. The number of carbonyl (C=O) groups excluding carboxylic acids is 1. The predicted molar refractivity (Wildman–Crippen MR) is 120 cm³/mol. The highest BCUT2D eigenvalue weighted by molar-refractivity contribution is 7.17. The van der Waals surface area contributed by atoms with E-state index in [0.29, 0.717) is 40.2 Å². The Hall–Kier alpha value is -3.39. The van der Waals surface area contributed by atoms with Gasteiger partial charge in [0.25, 0.3) is 5.91 Å². The van der Waals surface area contributed by atoms with Gasteiger partial charge in [-0.2, -0.15) is 0 Å². The third kappa shape index (κ3) is 4.69. The van der Waals surface area contributed by atoms with Crippen LogP contribution in [0.25, 0.3) is 10.4 Å². The van der Waals surface area contributed by atoms with Crippen molar-refractivity contribution in [1.82, 2.24) is 5.32 Å². The normalized spacial score (nSPS) is 10.4. The average Bonchev–Trinajstić information content (AvgIpc) is 3.31. The fourth-order valence-electron chi connectivity index (χ4n) is 3.16. The van der Waals surface area contributed by atoms with Crippen LogP contribution in [0.15, 0.2) is 42.5 Å². The van der Waals surface area contributed by atoms with E-state index in [1.165, 1.54) is 11.3 Å². The van der Waals surface area contributed by atoms with Crippen LogP contribution < -0.4 is 29.0 Å². The molecule has 8 heteroatoms. The number of rotatable bonds is 9. The monoisotopic (exact) mass is 443 g/mol. The second-order valence-electron chi connectivity index (χ2n) is 6.41. The van der Waals surface area contributed by atoms with Crippen LogP contribution in [0.1, 0.15) is 15.2 Å². The van der Waals surface area contributed by atoms with Crippen LogP contribution in [0.2, 0.25) is 0 Å². The standard InChI is InChI=1S/C23H25NO6S/c1-26-15-7-6-14(18(12-15)28-3)13-24-23(25)20-11-10-19(31-20)16-8-9-17(27-2)22(30-5)21(16)29-4/h6-12H,13H2,1-5H3,(H,24,25). The van der Waals surface area contributed by atoms with Crippen LogP contribution in [0.3, 0.4) is 0 Å². The quantitative estimate of drug-likeness (QED) is 0.529. The molecule has 0 radical (unpaired) electrons. The average molecular weight is 444 g/mol. The highest BCUT2D eigenvalue weighted by Crippen LogP contribution is 2.45. The Labute approximate surface area is 185 Å². The van der Waals surface area contributed by atoms with Gasteiger partial charge in [-0.3, -0.25) is 4.79 Å². The van der Waals surface area contributed by atoms with Crippen molar-refractivity contribution in [2.75, 3.05) is 35.5 Å². The highest BCUT2D eigenvalue weighted by atomic mass is 32.1. The number of thiophene rings is 1. The lowest BCUT2D eigenvalue weighted by Gasteiger charge is -2.14. The minimum absolute atomic E-state index is 0.173. The maximum atomic E-state index is 12.7. The van der Waals surface area contributed by atoms with Gasteiger partial charge in [0.1, 0.15) is 11.5 Å². The summed E-state index contributed by atoms with van der Waals surface area (Å²) in [5.41, 5.74) is 1.68. The summed E-state index contributed by atoms with van der Waals surface area (Å²) in [6, 6.07) is 12.9. The maximum absolute atomic E-state index is 12.7. The summed E-state index contributed by atoms with van der Waals surface area (Å²) in [5.74, 6) is 2.81. The Kier molecular flexibility index (Phi) is 7.25. The van der Waals surface area contributed by atoms with Crippen molar-refractivity contribution in [1.29, 1.82) is 0 Å².